The van der Waals surface area contributed by atoms with Gasteiger partial charge in [-0.3, -0.25) is 14.5 Å². The predicted octanol–water partition coefficient (Wildman–Crippen LogP) is 3.89. The van der Waals surface area contributed by atoms with Crippen LogP contribution in [-0.4, -0.2) is 48.8 Å². The minimum absolute atomic E-state index is 0.118. The fourth-order valence-electron chi connectivity index (χ4n) is 4.58. The van der Waals surface area contributed by atoms with Crippen molar-refractivity contribution < 1.29 is 19.1 Å². The lowest BCUT2D eigenvalue weighted by Gasteiger charge is -2.41. The maximum absolute atomic E-state index is 12.7. The number of fused-ring (bicyclic) bond motifs is 1. The summed E-state index contributed by atoms with van der Waals surface area (Å²) in [5, 5.41) is 3.29. The summed E-state index contributed by atoms with van der Waals surface area (Å²) in [6, 6.07) is 0. The molecule has 2 aliphatic rings. The Balaban J connectivity index is 1.68. The van der Waals surface area contributed by atoms with Crippen molar-refractivity contribution in [3.8, 4) is 0 Å². The van der Waals surface area contributed by atoms with Gasteiger partial charge in [0.1, 0.15) is 5.00 Å². The van der Waals surface area contributed by atoms with Gasteiger partial charge in [-0.25, -0.2) is 4.79 Å². The highest BCUT2D eigenvalue weighted by Crippen LogP contribution is 2.36. The summed E-state index contributed by atoms with van der Waals surface area (Å²) >= 11 is 1.16. The Morgan fingerprint density at radius 3 is 2.57 bits per heavy atom. The number of ketones is 1. The van der Waals surface area contributed by atoms with Gasteiger partial charge in [-0.15, -0.1) is 11.3 Å². The van der Waals surface area contributed by atoms with E-state index in [-0.39, 0.29) is 18.3 Å². The van der Waals surface area contributed by atoms with E-state index in [9.17, 15) is 14.4 Å². The van der Waals surface area contributed by atoms with E-state index in [0.29, 0.717) is 33.5 Å². The fraction of sp³-hybridized carbons (Fsp3) is 0.667. The molecule has 0 unspecified atom stereocenters. The molecule has 1 amide bonds. The number of carbonyl (C=O) groups is 3. The lowest BCUT2D eigenvalue weighted by Crippen LogP contribution is -2.44. The summed E-state index contributed by atoms with van der Waals surface area (Å²) < 4.78 is 5.13. The molecule has 2 fully saturated rings. The minimum atomic E-state index is -0.498. The van der Waals surface area contributed by atoms with Crippen molar-refractivity contribution in [3.05, 3.63) is 16.0 Å². The molecule has 1 aliphatic carbocycles. The van der Waals surface area contributed by atoms with Gasteiger partial charge in [-0.05, 0) is 57.6 Å². The second-order valence-corrected chi connectivity index (χ2v) is 8.93. The lowest BCUT2D eigenvalue weighted by molar-refractivity contribution is -0.118. The van der Waals surface area contributed by atoms with E-state index < -0.39 is 5.97 Å². The Bertz CT molecular complexity index is 758. The van der Waals surface area contributed by atoms with E-state index in [4.69, 9.17) is 4.74 Å². The molecule has 1 saturated carbocycles. The van der Waals surface area contributed by atoms with Crippen molar-refractivity contribution >= 4 is 34.0 Å². The molecule has 1 aliphatic heterocycles. The average molecular weight is 407 g/mol. The third-order valence-electron chi connectivity index (χ3n) is 5.94. The molecule has 1 aromatic rings. The van der Waals surface area contributed by atoms with Crippen molar-refractivity contribution in [2.45, 2.75) is 52.9 Å². The maximum Gasteiger partial charge on any atom is 0.341 e. The van der Waals surface area contributed by atoms with Gasteiger partial charge < -0.3 is 10.1 Å². The summed E-state index contributed by atoms with van der Waals surface area (Å²) in [7, 11) is 0. The van der Waals surface area contributed by atoms with E-state index in [2.05, 4.69) is 10.2 Å². The quantitative estimate of drug-likeness (QED) is 0.573. The number of carbonyl (C=O) groups excluding carboxylic acids is 3. The van der Waals surface area contributed by atoms with Crippen LogP contribution in [0.3, 0.4) is 0 Å². The Kier molecular flexibility index (Phi) is 6.88. The van der Waals surface area contributed by atoms with Crippen LogP contribution in [0.5, 0.6) is 0 Å². The van der Waals surface area contributed by atoms with Crippen molar-refractivity contribution in [1.29, 1.82) is 0 Å². The van der Waals surface area contributed by atoms with Gasteiger partial charge in [-0.1, -0.05) is 19.3 Å². The Morgan fingerprint density at radius 1 is 1.18 bits per heavy atom. The van der Waals surface area contributed by atoms with Gasteiger partial charge in [0.2, 0.25) is 5.91 Å². The molecule has 0 spiro atoms. The van der Waals surface area contributed by atoms with Crippen LogP contribution in [0.4, 0.5) is 5.00 Å². The molecular weight excluding hydrogens is 376 g/mol. The number of esters is 1. The van der Waals surface area contributed by atoms with Crippen molar-refractivity contribution in [1.82, 2.24) is 4.90 Å². The number of anilines is 1. The van der Waals surface area contributed by atoms with Gasteiger partial charge >= 0.3 is 5.97 Å². The first-order valence-electron chi connectivity index (χ1n) is 10.2. The molecule has 7 heteroatoms. The number of amides is 1. The molecule has 0 aromatic carbocycles. The first-order chi connectivity index (χ1) is 13.4. The van der Waals surface area contributed by atoms with E-state index in [1.807, 2.05) is 0 Å². The molecule has 28 heavy (non-hydrogen) atoms. The standard InChI is InChI=1S/C21H30N2O4S/c1-4-27-21(26)18-13(2)19(14(3)24)28-20(18)22-17(25)12-23-10-9-15-7-5-6-8-16(15)11-23/h15-16H,4-12H2,1-3H3,(H,22,25)/t15-,16-/m1/s1. The highest BCUT2D eigenvalue weighted by Gasteiger charge is 2.32. The molecule has 0 bridgehead atoms. The van der Waals surface area contributed by atoms with Crippen LogP contribution in [-0.2, 0) is 9.53 Å². The zero-order chi connectivity index (χ0) is 20.3. The number of likely N-dealkylation sites (tertiary alicyclic amines) is 1. The number of Topliss-reactive ketones (excluding diaryl/α,β-unsaturated/α-hetero) is 1. The largest absolute Gasteiger partial charge is 0.462 e. The van der Waals surface area contributed by atoms with Crippen LogP contribution in [0.15, 0.2) is 0 Å². The van der Waals surface area contributed by atoms with E-state index in [1.54, 1.807) is 13.8 Å². The van der Waals surface area contributed by atoms with Gasteiger partial charge in [0, 0.05) is 6.54 Å². The first kappa shape index (κ1) is 21.0. The Hall–Kier alpha value is -1.73. The van der Waals surface area contributed by atoms with Gasteiger partial charge in [0.15, 0.2) is 5.78 Å². The average Bonchev–Trinajstić information content (AvgIpc) is 2.98. The smallest absolute Gasteiger partial charge is 0.341 e. The van der Waals surface area contributed by atoms with Gasteiger partial charge in [0.05, 0.1) is 23.6 Å². The molecule has 2 heterocycles. The number of piperidine rings is 1. The van der Waals surface area contributed by atoms with Crippen LogP contribution < -0.4 is 5.32 Å². The van der Waals surface area contributed by atoms with Gasteiger partial charge in [0.25, 0.3) is 0 Å². The number of nitrogens with one attached hydrogen (secondary N) is 1. The number of nitrogens with zero attached hydrogens (tertiary/aromatic N) is 1. The third-order valence-corrected chi connectivity index (χ3v) is 7.25. The first-order valence-corrected chi connectivity index (χ1v) is 11.1. The highest BCUT2D eigenvalue weighted by atomic mass is 32.1. The van der Waals surface area contributed by atoms with E-state index >= 15 is 0 Å². The number of thiophene rings is 1. The molecule has 1 saturated heterocycles. The summed E-state index contributed by atoms with van der Waals surface area (Å²) in [5.41, 5.74) is 0.880. The SMILES string of the molecule is CCOC(=O)c1c(NC(=O)CN2CC[C@H]3CCCC[C@@H]3C2)sc(C(C)=O)c1C. The summed E-state index contributed by atoms with van der Waals surface area (Å²) in [6.07, 6.45) is 6.40. The molecular formula is C21H30N2O4S. The second-order valence-electron chi connectivity index (χ2n) is 7.91. The Morgan fingerprint density at radius 2 is 1.89 bits per heavy atom. The highest BCUT2D eigenvalue weighted by molar-refractivity contribution is 7.18. The van der Waals surface area contributed by atoms with Crippen LogP contribution in [0.1, 0.15) is 71.5 Å². The second kappa shape index (κ2) is 9.18. The van der Waals surface area contributed by atoms with E-state index in [1.165, 1.54) is 39.0 Å². The molecule has 3 rings (SSSR count). The zero-order valence-electron chi connectivity index (χ0n) is 17.0. The monoisotopic (exact) mass is 406 g/mol. The maximum atomic E-state index is 12.7. The van der Waals surface area contributed by atoms with Crippen LogP contribution >= 0.6 is 11.3 Å². The fourth-order valence-corrected chi connectivity index (χ4v) is 5.68. The van der Waals surface area contributed by atoms with Crippen molar-refractivity contribution in [2.75, 3.05) is 31.6 Å². The molecule has 6 nitrogen and oxygen atoms in total. The predicted molar refractivity (Wildman–Crippen MR) is 110 cm³/mol. The normalized spacial score (nSPS) is 22.4. The number of hydrogen-bond donors (Lipinski definition) is 1. The summed E-state index contributed by atoms with van der Waals surface area (Å²) in [6.45, 7) is 7.41. The van der Waals surface area contributed by atoms with Crippen molar-refractivity contribution in [2.24, 2.45) is 11.8 Å². The molecule has 2 atom stereocenters. The van der Waals surface area contributed by atoms with Crippen LogP contribution in [0.25, 0.3) is 0 Å². The zero-order valence-corrected chi connectivity index (χ0v) is 17.8. The minimum Gasteiger partial charge on any atom is -0.462 e. The molecule has 1 aromatic heterocycles. The van der Waals surface area contributed by atoms with E-state index in [0.717, 1.165) is 30.3 Å². The molecule has 1 N–H and O–H groups in total. The molecule has 154 valence electrons. The Labute approximate surface area is 170 Å². The lowest BCUT2D eigenvalue weighted by atomic mass is 9.75. The van der Waals surface area contributed by atoms with Crippen LogP contribution in [0, 0.1) is 18.8 Å². The van der Waals surface area contributed by atoms with Gasteiger partial charge in [-0.2, -0.15) is 0 Å². The third kappa shape index (κ3) is 4.63. The molecule has 0 radical (unpaired) electrons. The number of hydrogen-bond acceptors (Lipinski definition) is 6. The number of ether oxygens (including phenoxy) is 1. The summed E-state index contributed by atoms with van der Waals surface area (Å²) in [5.74, 6) is 0.770. The van der Waals surface area contributed by atoms with Crippen molar-refractivity contribution in [3.63, 3.8) is 0 Å². The topological polar surface area (TPSA) is 75.7 Å². The number of rotatable bonds is 6. The summed E-state index contributed by atoms with van der Waals surface area (Å²) in [4.78, 5) is 39.6. The van der Waals surface area contributed by atoms with Crippen LogP contribution in [0.2, 0.25) is 0 Å².